The lowest BCUT2D eigenvalue weighted by atomic mass is 10.3. The quantitative estimate of drug-likeness (QED) is 0.647. The van der Waals surface area contributed by atoms with Crippen molar-refractivity contribution in [1.82, 2.24) is 9.55 Å². The van der Waals surface area contributed by atoms with Gasteiger partial charge in [-0.15, -0.1) is 0 Å². The monoisotopic (exact) mass is 375 g/mol. The number of methoxy groups -OCH3 is 1. The number of ether oxygens (including phenoxy) is 1. The Kier molecular flexibility index (Phi) is 5.50. The van der Waals surface area contributed by atoms with Gasteiger partial charge in [-0.05, 0) is 37.3 Å². The number of nitrogens with zero attached hydrogens (tertiary/aromatic N) is 2. The Morgan fingerprint density at radius 1 is 1.32 bits per heavy atom. The molecule has 0 aliphatic carbocycles. The molecule has 0 radical (unpaired) electrons. The van der Waals surface area contributed by atoms with Gasteiger partial charge in [-0.3, -0.25) is 4.79 Å². The molecule has 3 aromatic rings. The Labute approximate surface area is 155 Å². The summed E-state index contributed by atoms with van der Waals surface area (Å²) in [5.41, 5.74) is 2.66. The van der Waals surface area contributed by atoms with Crippen LogP contribution in [-0.2, 0) is 11.3 Å². The predicted molar refractivity (Wildman–Crippen MR) is 103 cm³/mol. The largest absolute Gasteiger partial charge is 0.495 e. The van der Waals surface area contributed by atoms with Gasteiger partial charge in [0.15, 0.2) is 5.16 Å². The molecule has 0 unspecified atom stereocenters. The van der Waals surface area contributed by atoms with E-state index in [2.05, 4.69) is 21.8 Å². The fourth-order valence-electron chi connectivity index (χ4n) is 2.54. The van der Waals surface area contributed by atoms with Crippen molar-refractivity contribution in [1.29, 1.82) is 0 Å². The molecule has 0 saturated carbocycles. The van der Waals surface area contributed by atoms with Crippen LogP contribution < -0.4 is 10.1 Å². The predicted octanol–water partition coefficient (Wildman–Crippen LogP) is 4.45. The van der Waals surface area contributed by atoms with Gasteiger partial charge in [0.05, 0.1) is 28.9 Å². The molecule has 0 atom stereocenters. The number of carbonyl (C=O) groups is 1. The highest BCUT2D eigenvalue weighted by Gasteiger charge is 2.12. The first-order valence-corrected chi connectivity index (χ1v) is 9.20. The lowest BCUT2D eigenvalue weighted by Gasteiger charge is -2.08. The van der Waals surface area contributed by atoms with E-state index in [4.69, 9.17) is 16.3 Å². The van der Waals surface area contributed by atoms with Crippen LogP contribution in [0.25, 0.3) is 11.0 Å². The average Bonchev–Trinajstić information content (AvgIpc) is 2.97. The van der Waals surface area contributed by atoms with Crippen molar-refractivity contribution in [3.05, 3.63) is 47.5 Å². The zero-order valence-electron chi connectivity index (χ0n) is 14.0. The number of imidazole rings is 1. The van der Waals surface area contributed by atoms with Crippen molar-refractivity contribution in [2.24, 2.45) is 0 Å². The molecule has 0 aliphatic rings. The molecule has 7 heteroatoms. The van der Waals surface area contributed by atoms with E-state index in [1.165, 1.54) is 11.8 Å². The highest BCUT2D eigenvalue weighted by molar-refractivity contribution is 7.99. The molecule has 1 N–H and O–H groups in total. The smallest absolute Gasteiger partial charge is 0.234 e. The molecule has 2 aromatic carbocycles. The van der Waals surface area contributed by atoms with Crippen LogP contribution in [0.4, 0.5) is 5.69 Å². The molecule has 0 bridgehead atoms. The Morgan fingerprint density at radius 2 is 2.12 bits per heavy atom. The number of aryl methyl sites for hydroxylation is 1. The number of hydrogen-bond acceptors (Lipinski definition) is 4. The minimum Gasteiger partial charge on any atom is -0.495 e. The van der Waals surface area contributed by atoms with Crippen LogP contribution in [0.15, 0.2) is 47.6 Å². The van der Waals surface area contributed by atoms with Gasteiger partial charge in [-0.25, -0.2) is 4.98 Å². The van der Waals surface area contributed by atoms with Gasteiger partial charge in [-0.1, -0.05) is 35.5 Å². The number of thioether (sulfide) groups is 1. The van der Waals surface area contributed by atoms with Crippen molar-refractivity contribution in [2.75, 3.05) is 18.2 Å². The third kappa shape index (κ3) is 3.91. The highest BCUT2D eigenvalue weighted by atomic mass is 35.5. The summed E-state index contributed by atoms with van der Waals surface area (Å²) in [6.45, 7) is 2.87. The maximum absolute atomic E-state index is 12.2. The van der Waals surface area contributed by atoms with E-state index in [1.54, 1.807) is 25.3 Å². The second-order valence-corrected chi connectivity index (χ2v) is 6.66. The fourth-order valence-corrected chi connectivity index (χ4v) is 3.68. The number of nitrogens with one attached hydrogen (secondary N) is 1. The lowest BCUT2D eigenvalue weighted by molar-refractivity contribution is -0.113. The highest BCUT2D eigenvalue weighted by Crippen LogP contribution is 2.28. The van der Waals surface area contributed by atoms with E-state index >= 15 is 0 Å². The van der Waals surface area contributed by atoms with Crippen LogP contribution in [0.2, 0.25) is 5.02 Å². The van der Waals surface area contributed by atoms with Crippen molar-refractivity contribution in [3.8, 4) is 5.75 Å². The molecule has 3 rings (SSSR count). The first kappa shape index (κ1) is 17.6. The van der Waals surface area contributed by atoms with Crippen LogP contribution in [-0.4, -0.2) is 28.3 Å². The molecule has 0 aliphatic heterocycles. The van der Waals surface area contributed by atoms with Crippen molar-refractivity contribution in [3.63, 3.8) is 0 Å². The normalized spacial score (nSPS) is 10.8. The van der Waals surface area contributed by atoms with Crippen molar-refractivity contribution < 1.29 is 9.53 Å². The molecular weight excluding hydrogens is 358 g/mol. The number of aromatic nitrogens is 2. The lowest BCUT2D eigenvalue weighted by Crippen LogP contribution is -2.14. The molecule has 0 fully saturated rings. The van der Waals surface area contributed by atoms with Gasteiger partial charge in [0.1, 0.15) is 5.75 Å². The topological polar surface area (TPSA) is 56.2 Å². The molecule has 5 nitrogen and oxygen atoms in total. The van der Waals surface area contributed by atoms with E-state index in [0.29, 0.717) is 16.5 Å². The maximum Gasteiger partial charge on any atom is 0.234 e. The number of hydrogen-bond donors (Lipinski definition) is 1. The summed E-state index contributed by atoms with van der Waals surface area (Å²) in [7, 11) is 1.55. The molecule has 130 valence electrons. The SMILES string of the molecule is CCn1c(SCC(=O)Nc2ccc(OC)c(Cl)c2)nc2ccccc21. The maximum atomic E-state index is 12.2. The van der Waals surface area contributed by atoms with Gasteiger partial charge in [0.25, 0.3) is 0 Å². The number of para-hydroxylation sites is 2. The van der Waals surface area contributed by atoms with E-state index in [9.17, 15) is 4.79 Å². The van der Waals surface area contributed by atoms with E-state index in [1.807, 2.05) is 24.3 Å². The van der Waals surface area contributed by atoms with Gasteiger partial charge >= 0.3 is 0 Å². The van der Waals surface area contributed by atoms with Crippen LogP contribution in [0, 0.1) is 0 Å². The Morgan fingerprint density at radius 3 is 2.84 bits per heavy atom. The number of fused-ring (bicyclic) bond motifs is 1. The van der Waals surface area contributed by atoms with Crippen LogP contribution in [0.3, 0.4) is 0 Å². The van der Waals surface area contributed by atoms with Crippen LogP contribution in [0.1, 0.15) is 6.92 Å². The summed E-state index contributed by atoms with van der Waals surface area (Å²) >= 11 is 7.49. The summed E-state index contributed by atoms with van der Waals surface area (Å²) < 4.78 is 7.21. The molecule has 0 saturated heterocycles. The minimum atomic E-state index is -0.110. The third-order valence-electron chi connectivity index (χ3n) is 3.70. The first-order chi connectivity index (χ1) is 12.1. The first-order valence-electron chi connectivity index (χ1n) is 7.83. The number of anilines is 1. The Hall–Kier alpha value is -2.18. The molecule has 0 spiro atoms. The number of amides is 1. The molecule has 1 amide bonds. The van der Waals surface area contributed by atoms with Crippen LogP contribution in [0.5, 0.6) is 5.75 Å². The second kappa shape index (κ2) is 7.80. The van der Waals surface area contributed by atoms with E-state index in [0.717, 1.165) is 22.7 Å². The zero-order valence-corrected chi connectivity index (χ0v) is 15.5. The van der Waals surface area contributed by atoms with Crippen molar-refractivity contribution in [2.45, 2.75) is 18.6 Å². The molecular formula is C18H18ClN3O2S. The number of rotatable bonds is 6. The fraction of sp³-hybridized carbons (Fsp3) is 0.222. The molecule has 1 aromatic heterocycles. The third-order valence-corrected chi connectivity index (χ3v) is 4.98. The number of halogens is 1. The van der Waals surface area contributed by atoms with Crippen LogP contribution >= 0.6 is 23.4 Å². The summed E-state index contributed by atoms with van der Waals surface area (Å²) in [6.07, 6.45) is 0. The molecule has 1 heterocycles. The summed E-state index contributed by atoms with van der Waals surface area (Å²) in [4.78, 5) is 16.8. The van der Waals surface area contributed by atoms with Gasteiger partial charge in [0.2, 0.25) is 5.91 Å². The standard InChI is InChI=1S/C18H18ClN3O2S/c1-3-22-15-7-5-4-6-14(15)21-18(22)25-11-17(23)20-12-8-9-16(24-2)13(19)10-12/h4-10H,3,11H2,1-2H3,(H,20,23). The van der Waals surface area contributed by atoms with Gasteiger partial charge in [0, 0.05) is 12.2 Å². The van der Waals surface area contributed by atoms with Gasteiger partial charge in [-0.2, -0.15) is 0 Å². The van der Waals surface area contributed by atoms with E-state index < -0.39 is 0 Å². The van der Waals surface area contributed by atoms with Gasteiger partial charge < -0.3 is 14.6 Å². The average molecular weight is 376 g/mol. The number of carbonyl (C=O) groups excluding carboxylic acids is 1. The number of benzene rings is 2. The molecule has 25 heavy (non-hydrogen) atoms. The van der Waals surface area contributed by atoms with E-state index in [-0.39, 0.29) is 11.7 Å². The zero-order chi connectivity index (χ0) is 17.8. The Bertz CT molecular complexity index is 910. The summed E-state index contributed by atoms with van der Waals surface area (Å²) in [6, 6.07) is 13.1. The minimum absolute atomic E-state index is 0.110. The Balaban J connectivity index is 1.67. The summed E-state index contributed by atoms with van der Waals surface area (Å²) in [5.74, 6) is 0.735. The summed E-state index contributed by atoms with van der Waals surface area (Å²) in [5, 5.41) is 4.14. The van der Waals surface area contributed by atoms with Crippen molar-refractivity contribution >= 4 is 46.0 Å². The second-order valence-electron chi connectivity index (χ2n) is 5.31.